The van der Waals surface area contributed by atoms with E-state index in [-0.39, 0.29) is 0 Å². The van der Waals surface area contributed by atoms with Crippen LogP contribution in [0.2, 0.25) is 0 Å². The molecule has 3 heteroatoms. The van der Waals surface area contributed by atoms with Crippen molar-refractivity contribution in [2.75, 3.05) is 20.2 Å². The van der Waals surface area contributed by atoms with Crippen LogP contribution in [0, 0.1) is 5.92 Å². The lowest BCUT2D eigenvalue weighted by Crippen LogP contribution is -2.24. The van der Waals surface area contributed by atoms with Gasteiger partial charge < -0.3 is 15.2 Å². The molecule has 0 aromatic heterocycles. The summed E-state index contributed by atoms with van der Waals surface area (Å²) >= 11 is 0. The van der Waals surface area contributed by atoms with Crippen molar-refractivity contribution >= 4 is 0 Å². The minimum atomic E-state index is -0.438. The fourth-order valence-corrected chi connectivity index (χ4v) is 2.96. The first-order valence-electron chi connectivity index (χ1n) is 7.82. The predicted octanol–water partition coefficient (Wildman–Crippen LogP) is 3.29. The van der Waals surface area contributed by atoms with Gasteiger partial charge in [-0.15, -0.1) is 0 Å². The lowest BCUT2D eigenvalue weighted by molar-refractivity contribution is 0.173. The summed E-state index contributed by atoms with van der Waals surface area (Å²) in [6.45, 7) is 1.64. The number of aliphatic hydroxyl groups is 1. The van der Waals surface area contributed by atoms with E-state index in [2.05, 4.69) is 5.32 Å². The third-order valence-corrected chi connectivity index (χ3v) is 4.29. The molecule has 2 N–H and O–H groups in total. The van der Waals surface area contributed by atoms with Gasteiger partial charge in [0, 0.05) is 6.54 Å². The van der Waals surface area contributed by atoms with Crippen molar-refractivity contribution in [2.45, 2.75) is 44.6 Å². The number of nitrogens with one attached hydrogen (secondary N) is 1. The number of hydrogen-bond donors (Lipinski definition) is 2. The van der Waals surface area contributed by atoms with Crippen LogP contribution in [0.5, 0.6) is 5.75 Å². The molecule has 1 aromatic carbocycles. The van der Waals surface area contributed by atoms with E-state index in [0.29, 0.717) is 6.54 Å². The molecule has 1 aliphatic carbocycles. The van der Waals surface area contributed by atoms with Gasteiger partial charge in [0.1, 0.15) is 5.75 Å². The molecule has 112 valence electrons. The molecular weight excluding hydrogens is 250 g/mol. The second-order valence-electron chi connectivity index (χ2n) is 5.79. The maximum absolute atomic E-state index is 10.1. The van der Waals surface area contributed by atoms with Gasteiger partial charge in [-0.3, -0.25) is 0 Å². The Bertz CT molecular complexity index is 371. The van der Waals surface area contributed by atoms with Crippen LogP contribution in [-0.4, -0.2) is 25.3 Å². The molecule has 0 radical (unpaired) electrons. The summed E-state index contributed by atoms with van der Waals surface area (Å²) in [6, 6.07) is 7.62. The van der Waals surface area contributed by atoms with Gasteiger partial charge in [0.2, 0.25) is 0 Å². The van der Waals surface area contributed by atoms with Gasteiger partial charge in [-0.05, 0) is 36.6 Å². The van der Waals surface area contributed by atoms with Crippen LogP contribution in [0.1, 0.15) is 50.2 Å². The Morgan fingerprint density at radius 2 is 1.90 bits per heavy atom. The number of methoxy groups -OCH3 is 1. The van der Waals surface area contributed by atoms with E-state index in [9.17, 15) is 5.11 Å². The lowest BCUT2D eigenvalue weighted by Gasteiger charge is -2.21. The Morgan fingerprint density at radius 3 is 2.55 bits per heavy atom. The minimum Gasteiger partial charge on any atom is -0.497 e. The van der Waals surface area contributed by atoms with E-state index in [4.69, 9.17) is 4.74 Å². The molecule has 0 heterocycles. The number of aliphatic hydroxyl groups excluding tert-OH is 1. The van der Waals surface area contributed by atoms with Crippen molar-refractivity contribution in [3.63, 3.8) is 0 Å². The van der Waals surface area contributed by atoms with Crippen molar-refractivity contribution in [3.05, 3.63) is 29.8 Å². The molecular formula is C17H27NO2. The average molecular weight is 277 g/mol. The van der Waals surface area contributed by atoms with Crippen LogP contribution >= 0.6 is 0 Å². The largest absolute Gasteiger partial charge is 0.497 e. The molecule has 1 atom stereocenters. The van der Waals surface area contributed by atoms with Crippen molar-refractivity contribution in [3.8, 4) is 5.75 Å². The fourth-order valence-electron chi connectivity index (χ4n) is 2.96. The smallest absolute Gasteiger partial charge is 0.118 e. The molecule has 1 fully saturated rings. The van der Waals surface area contributed by atoms with Gasteiger partial charge in [-0.1, -0.05) is 44.2 Å². The predicted molar refractivity (Wildman–Crippen MR) is 82.0 cm³/mol. The van der Waals surface area contributed by atoms with Crippen LogP contribution in [0.4, 0.5) is 0 Å². The van der Waals surface area contributed by atoms with Crippen LogP contribution in [-0.2, 0) is 0 Å². The molecule has 0 spiro atoms. The molecule has 20 heavy (non-hydrogen) atoms. The first-order chi connectivity index (χ1) is 9.79. The third kappa shape index (κ3) is 4.80. The summed E-state index contributed by atoms with van der Waals surface area (Å²) in [7, 11) is 1.65. The van der Waals surface area contributed by atoms with Crippen LogP contribution in [0.15, 0.2) is 24.3 Å². The number of hydrogen-bond acceptors (Lipinski definition) is 3. The van der Waals surface area contributed by atoms with Crippen LogP contribution < -0.4 is 10.1 Å². The van der Waals surface area contributed by atoms with E-state index in [1.807, 2.05) is 24.3 Å². The highest BCUT2D eigenvalue weighted by molar-refractivity contribution is 5.28. The molecule has 1 saturated carbocycles. The van der Waals surface area contributed by atoms with Gasteiger partial charge in [0.15, 0.2) is 0 Å². The highest BCUT2D eigenvalue weighted by atomic mass is 16.5. The SMILES string of the molecule is COc1ccc(C(O)CNCCC2CCCCC2)cc1. The van der Waals surface area contributed by atoms with Gasteiger partial charge in [0.05, 0.1) is 13.2 Å². The molecule has 3 nitrogen and oxygen atoms in total. The highest BCUT2D eigenvalue weighted by Gasteiger charge is 2.13. The number of ether oxygens (including phenoxy) is 1. The second-order valence-corrected chi connectivity index (χ2v) is 5.79. The monoisotopic (exact) mass is 277 g/mol. The minimum absolute atomic E-state index is 0.438. The van der Waals surface area contributed by atoms with Gasteiger partial charge in [0.25, 0.3) is 0 Å². The zero-order valence-corrected chi connectivity index (χ0v) is 12.5. The zero-order valence-electron chi connectivity index (χ0n) is 12.5. The van der Waals surface area contributed by atoms with E-state index >= 15 is 0 Å². The number of benzene rings is 1. The maximum Gasteiger partial charge on any atom is 0.118 e. The number of rotatable bonds is 7. The summed E-state index contributed by atoms with van der Waals surface area (Å²) in [5.41, 5.74) is 0.941. The van der Waals surface area contributed by atoms with Gasteiger partial charge >= 0.3 is 0 Å². The van der Waals surface area contributed by atoms with E-state index in [1.54, 1.807) is 7.11 Å². The average Bonchev–Trinajstić information content (AvgIpc) is 2.52. The summed E-state index contributed by atoms with van der Waals surface area (Å²) in [6.07, 6.45) is 7.81. The molecule has 0 saturated heterocycles. The first kappa shape index (κ1) is 15.3. The van der Waals surface area contributed by atoms with Crippen molar-refractivity contribution in [1.29, 1.82) is 0 Å². The first-order valence-corrected chi connectivity index (χ1v) is 7.82. The quantitative estimate of drug-likeness (QED) is 0.751. The summed E-state index contributed by atoms with van der Waals surface area (Å²) in [5.74, 6) is 1.72. The third-order valence-electron chi connectivity index (χ3n) is 4.29. The molecule has 0 aliphatic heterocycles. The fraction of sp³-hybridized carbons (Fsp3) is 0.647. The molecule has 0 bridgehead atoms. The summed E-state index contributed by atoms with van der Waals surface area (Å²) in [5, 5.41) is 13.5. The molecule has 1 unspecified atom stereocenters. The standard InChI is InChI=1S/C17H27NO2/c1-20-16-9-7-15(8-10-16)17(19)13-18-12-11-14-5-3-2-4-6-14/h7-10,14,17-19H,2-6,11-13H2,1H3. The van der Waals surface area contributed by atoms with E-state index < -0.39 is 6.10 Å². The summed E-state index contributed by atoms with van der Waals surface area (Å²) < 4.78 is 5.12. The van der Waals surface area contributed by atoms with Crippen molar-refractivity contribution < 1.29 is 9.84 Å². The Morgan fingerprint density at radius 1 is 1.20 bits per heavy atom. The van der Waals surface area contributed by atoms with Crippen LogP contribution in [0.3, 0.4) is 0 Å². The van der Waals surface area contributed by atoms with Crippen molar-refractivity contribution in [2.24, 2.45) is 5.92 Å². The highest BCUT2D eigenvalue weighted by Crippen LogP contribution is 2.25. The lowest BCUT2D eigenvalue weighted by atomic mass is 9.87. The van der Waals surface area contributed by atoms with Crippen LogP contribution in [0.25, 0.3) is 0 Å². The van der Waals surface area contributed by atoms with E-state index in [1.165, 1.54) is 38.5 Å². The molecule has 0 amide bonds. The van der Waals surface area contributed by atoms with Crippen molar-refractivity contribution in [1.82, 2.24) is 5.32 Å². The molecule has 1 aromatic rings. The molecule has 1 aliphatic rings. The van der Waals surface area contributed by atoms with Gasteiger partial charge in [-0.2, -0.15) is 0 Å². The summed E-state index contributed by atoms with van der Waals surface area (Å²) in [4.78, 5) is 0. The molecule has 2 rings (SSSR count). The maximum atomic E-state index is 10.1. The Labute approximate surface area is 122 Å². The topological polar surface area (TPSA) is 41.5 Å². The van der Waals surface area contributed by atoms with Gasteiger partial charge in [-0.25, -0.2) is 0 Å². The zero-order chi connectivity index (χ0) is 14.2. The van der Waals surface area contributed by atoms with E-state index in [0.717, 1.165) is 23.8 Å². The second kappa shape index (κ2) is 8.28. The normalized spacial score (nSPS) is 17.9. The Hall–Kier alpha value is -1.06. The Balaban J connectivity index is 1.64. The Kier molecular flexibility index (Phi) is 6.34.